The second-order valence-electron chi connectivity index (χ2n) is 7.67. The molecule has 0 atom stereocenters. The van der Waals surface area contributed by atoms with E-state index in [4.69, 9.17) is 15.2 Å². The standard InChI is InChI=1S/C19H23F3N4O5S/c1-18(2,3)31-17(27)26(4)32(28,29)11-12-5-7-14(8-6-12)30-15-9-13(10-23)24-16(25-15)19(20,21)22/h5-9H,10-11,23H2,1-4H3. The number of ether oxygens (including phenoxy) is 2. The minimum absolute atomic E-state index is 0.0600. The van der Waals surface area contributed by atoms with Crippen LogP contribution in [0.25, 0.3) is 0 Å². The SMILES string of the molecule is CN(C(=O)OC(C)(C)C)S(=O)(=O)Cc1ccc(Oc2cc(CN)nc(C(F)(F)F)n2)cc1. The molecule has 0 fully saturated rings. The molecular weight excluding hydrogens is 453 g/mol. The van der Waals surface area contributed by atoms with E-state index in [9.17, 15) is 26.4 Å². The van der Waals surface area contributed by atoms with E-state index in [2.05, 4.69) is 9.97 Å². The summed E-state index contributed by atoms with van der Waals surface area (Å²) in [5.74, 6) is -2.14. The molecule has 0 aliphatic carbocycles. The highest BCUT2D eigenvalue weighted by Crippen LogP contribution is 2.29. The Morgan fingerprint density at radius 3 is 2.22 bits per heavy atom. The van der Waals surface area contributed by atoms with Gasteiger partial charge in [0.1, 0.15) is 11.4 Å². The molecule has 2 N–H and O–H groups in total. The fourth-order valence-electron chi connectivity index (χ4n) is 2.28. The van der Waals surface area contributed by atoms with Crippen molar-refractivity contribution < 1.29 is 35.9 Å². The maximum Gasteiger partial charge on any atom is 0.451 e. The van der Waals surface area contributed by atoms with Gasteiger partial charge in [-0.15, -0.1) is 0 Å². The molecule has 2 rings (SSSR count). The van der Waals surface area contributed by atoms with Crippen LogP contribution in [0.4, 0.5) is 18.0 Å². The second-order valence-corrected chi connectivity index (χ2v) is 9.67. The number of aromatic nitrogens is 2. The Labute approximate surface area is 183 Å². The quantitative estimate of drug-likeness (QED) is 0.672. The lowest BCUT2D eigenvalue weighted by Gasteiger charge is -2.24. The van der Waals surface area contributed by atoms with Crippen LogP contribution in [0.5, 0.6) is 11.6 Å². The van der Waals surface area contributed by atoms with Crippen LogP contribution in [0.2, 0.25) is 0 Å². The first-order valence-corrected chi connectivity index (χ1v) is 10.8. The Hall–Kier alpha value is -2.93. The molecular formula is C19H23F3N4O5S. The fraction of sp³-hybridized carbons (Fsp3) is 0.421. The summed E-state index contributed by atoms with van der Waals surface area (Å²) in [6.07, 6.45) is -5.79. The van der Waals surface area contributed by atoms with Gasteiger partial charge in [-0.1, -0.05) is 12.1 Å². The molecule has 1 aromatic heterocycles. The van der Waals surface area contributed by atoms with Crippen LogP contribution in [0.15, 0.2) is 30.3 Å². The molecule has 0 aliphatic rings. The molecule has 13 heteroatoms. The lowest BCUT2D eigenvalue weighted by Crippen LogP contribution is -2.38. The number of nitrogens with zero attached hydrogens (tertiary/aromatic N) is 3. The lowest BCUT2D eigenvalue weighted by molar-refractivity contribution is -0.145. The third-order valence-corrected chi connectivity index (χ3v) is 5.46. The van der Waals surface area contributed by atoms with Crippen molar-refractivity contribution in [1.82, 2.24) is 14.3 Å². The zero-order chi connectivity index (χ0) is 24.3. The van der Waals surface area contributed by atoms with E-state index >= 15 is 0 Å². The third-order valence-electron chi connectivity index (χ3n) is 3.78. The van der Waals surface area contributed by atoms with Crippen molar-refractivity contribution >= 4 is 16.1 Å². The molecule has 32 heavy (non-hydrogen) atoms. The van der Waals surface area contributed by atoms with Crippen molar-refractivity contribution in [1.29, 1.82) is 0 Å². The molecule has 0 radical (unpaired) electrons. The average molecular weight is 476 g/mol. The minimum atomic E-state index is -4.78. The highest BCUT2D eigenvalue weighted by molar-refractivity contribution is 7.88. The second kappa shape index (κ2) is 9.28. The summed E-state index contributed by atoms with van der Waals surface area (Å²) in [6, 6.07) is 6.67. The number of nitrogens with two attached hydrogens (primary N) is 1. The predicted octanol–water partition coefficient (Wildman–Crippen LogP) is 3.44. The van der Waals surface area contributed by atoms with E-state index in [1.807, 2.05) is 0 Å². The lowest BCUT2D eigenvalue weighted by atomic mass is 10.2. The van der Waals surface area contributed by atoms with E-state index in [1.54, 1.807) is 20.8 Å². The molecule has 0 bridgehead atoms. The van der Waals surface area contributed by atoms with Gasteiger partial charge in [0, 0.05) is 19.7 Å². The number of carbonyl (C=O) groups excluding carboxylic acids is 1. The van der Waals surface area contributed by atoms with Crippen LogP contribution in [0, 0.1) is 0 Å². The number of alkyl halides is 3. The smallest absolute Gasteiger partial charge is 0.443 e. The summed E-state index contributed by atoms with van der Waals surface area (Å²) in [4.78, 5) is 18.7. The highest BCUT2D eigenvalue weighted by atomic mass is 32.2. The van der Waals surface area contributed by atoms with Crippen molar-refractivity contribution in [2.45, 2.75) is 44.8 Å². The van der Waals surface area contributed by atoms with Crippen LogP contribution >= 0.6 is 0 Å². The molecule has 0 saturated carbocycles. The molecule has 9 nitrogen and oxygen atoms in total. The van der Waals surface area contributed by atoms with E-state index < -0.39 is 39.5 Å². The number of benzene rings is 1. The van der Waals surface area contributed by atoms with Crippen molar-refractivity contribution in [3.05, 3.63) is 47.4 Å². The Morgan fingerprint density at radius 2 is 1.72 bits per heavy atom. The molecule has 0 saturated heterocycles. The van der Waals surface area contributed by atoms with E-state index in [-0.39, 0.29) is 23.9 Å². The van der Waals surface area contributed by atoms with Gasteiger partial charge in [0.25, 0.3) is 0 Å². The highest BCUT2D eigenvalue weighted by Gasteiger charge is 2.35. The monoisotopic (exact) mass is 476 g/mol. The Balaban J connectivity index is 2.15. The molecule has 0 spiro atoms. The summed E-state index contributed by atoms with van der Waals surface area (Å²) in [5.41, 5.74) is 4.76. The number of hydrogen-bond acceptors (Lipinski definition) is 8. The van der Waals surface area contributed by atoms with Crippen molar-refractivity contribution in [3.8, 4) is 11.6 Å². The average Bonchev–Trinajstić information content (AvgIpc) is 2.66. The van der Waals surface area contributed by atoms with Crippen LogP contribution < -0.4 is 10.5 Å². The van der Waals surface area contributed by atoms with Gasteiger partial charge < -0.3 is 15.2 Å². The molecule has 0 unspecified atom stereocenters. The van der Waals surface area contributed by atoms with E-state index in [0.717, 1.165) is 7.05 Å². The fourth-order valence-corrected chi connectivity index (χ4v) is 3.35. The van der Waals surface area contributed by atoms with E-state index in [1.165, 1.54) is 30.3 Å². The van der Waals surface area contributed by atoms with Crippen molar-refractivity contribution in [2.75, 3.05) is 7.05 Å². The van der Waals surface area contributed by atoms with E-state index in [0.29, 0.717) is 9.87 Å². The third kappa shape index (κ3) is 7.05. The summed E-state index contributed by atoms with van der Waals surface area (Å²) in [7, 11) is -2.94. The van der Waals surface area contributed by atoms with Gasteiger partial charge in [-0.05, 0) is 38.5 Å². The summed E-state index contributed by atoms with van der Waals surface area (Å²) < 4.78 is 74.6. The predicted molar refractivity (Wildman–Crippen MR) is 108 cm³/mol. The number of sulfonamides is 1. The van der Waals surface area contributed by atoms with Gasteiger partial charge in [-0.2, -0.15) is 18.2 Å². The van der Waals surface area contributed by atoms with Gasteiger partial charge in [0.2, 0.25) is 21.7 Å². The Morgan fingerprint density at radius 1 is 1.12 bits per heavy atom. The molecule has 0 aliphatic heterocycles. The van der Waals surface area contributed by atoms with Gasteiger partial charge in [-0.3, -0.25) is 0 Å². The van der Waals surface area contributed by atoms with Crippen molar-refractivity contribution in [2.24, 2.45) is 5.73 Å². The van der Waals surface area contributed by atoms with Crippen molar-refractivity contribution in [3.63, 3.8) is 0 Å². The molecule has 1 aromatic carbocycles. The summed E-state index contributed by atoms with van der Waals surface area (Å²) in [5, 5.41) is 0. The maximum absolute atomic E-state index is 12.9. The van der Waals surface area contributed by atoms with Gasteiger partial charge in [0.15, 0.2) is 0 Å². The van der Waals surface area contributed by atoms with Crippen LogP contribution in [-0.2, 0) is 33.2 Å². The van der Waals surface area contributed by atoms with Gasteiger partial charge in [0.05, 0.1) is 11.4 Å². The summed E-state index contributed by atoms with van der Waals surface area (Å²) >= 11 is 0. The Kier molecular flexibility index (Phi) is 7.35. The first-order valence-electron chi connectivity index (χ1n) is 9.22. The topological polar surface area (TPSA) is 125 Å². The maximum atomic E-state index is 12.9. The van der Waals surface area contributed by atoms with Crippen LogP contribution in [0.3, 0.4) is 0 Å². The van der Waals surface area contributed by atoms with Gasteiger partial charge >= 0.3 is 12.3 Å². The molecule has 1 heterocycles. The van der Waals surface area contributed by atoms with Gasteiger partial charge in [-0.25, -0.2) is 22.5 Å². The number of hydrogen-bond donors (Lipinski definition) is 1. The normalized spacial score (nSPS) is 12.4. The number of halogens is 3. The number of rotatable bonds is 6. The minimum Gasteiger partial charge on any atom is -0.443 e. The van der Waals surface area contributed by atoms with Crippen LogP contribution in [0.1, 0.15) is 37.9 Å². The Bertz CT molecular complexity index is 1070. The van der Waals surface area contributed by atoms with Crippen LogP contribution in [-0.4, -0.2) is 41.4 Å². The number of amides is 1. The zero-order valence-corrected chi connectivity index (χ0v) is 18.6. The largest absolute Gasteiger partial charge is 0.451 e. The molecule has 2 aromatic rings. The number of carbonyl (C=O) groups is 1. The molecule has 176 valence electrons. The molecule has 1 amide bonds. The first-order chi connectivity index (χ1) is 14.6. The zero-order valence-electron chi connectivity index (χ0n) is 17.8. The first kappa shape index (κ1) is 25.3. The summed E-state index contributed by atoms with van der Waals surface area (Å²) in [6.45, 7) is 4.57.